The number of piperazine rings is 1. The van der Waals surface area contributed by atoms with Crippen molar-refractivity contribution >= 4 is 23.1 Å². The summed E-state index contributed by atoms with van der Waals surface area (Å²) >= 11 is 6.03. The van der Waals surface area contributed by atoms with Crippen molar-refractivity contribution in [2.45, 2.75) is 13.8 Å². The van der Waals surface area contributed by atoms with Gasteiger partial charge >= 0.3 is 0 Å². The maximum absolute atomic E-state index is 6.03. The maximum atomic E-state index is 6.03. The third kappa shape index (κ3) is 3.70. The quantitative estimate of drug-likeness (QED) is 0.639. The number of aromatic nitrogens is 3. The number of aryl methyl sites for hydroxylation is 1. The van der Waals surface area contributed by atoms with Crippen molar-refractivity contribution in [3.63, 3.8) is 0 Å². The van der Waals surface area contributed by atoms with E-state index in [9.17, 15) is 0 Å². The Morgan fingerprint density at radius 2 is 1.85 bits per heavy atom. The molecule has 0 radical (unpaired) electrons. The van der Waals surface area contributed by atoms with Crippen molar-refractivity contribution in [1.82, 2.24) is 19.5 Å². The fourth-order valence-corrected chi connectivity index (χ4v) is 3.77. The number of benzene rings is 1. The lowest BCUT2D eigenvalue weighted by Crippen LogP contribution is -2.47. The highest BCUT2D eigenvalue weighted by Crippen LogP contribution is 2.28. The Labute approximate surface area is 164 Å². The molecule has 1 aliphatic heterocycles. The van der Waals surface area contributed by atoms with E-state index in [1.54, 1.807) is 0 Å². The lowest BCUT2D eigenvalue weighted by molar-refractivity contribution is 0.277. The monoisotopic (exact) mass is 381 g/mol. The van der Waals surface area contributed by atoms with Crippen LogP contribution in [0.1, 0.15) is 12.6 Å². The van der Waals surface area contributed by atoms with Crippen molar-refractivity contribution in [3.05, 3.63) is 59.4 Å². The van der Waals surface area contributed by atoms with Gasteiger partial charge < -0.3 is 4.90 Å². The summed E-state index contributed by atoms with van der Waals surface area (Å²) in [5, 5.41) is 5.38. The van der Waals surface area contributed by atoms with E-state index in [1.165, 1.54) is 5.57 Å². The highest BCUT2D eigenvalue weighted by molar-refractivity contribution is 6.30. The van der Waals surface area contributed by atoms with Gasteiger partial charge in [-0.15, -0.1) is 0 Å². The van der Waals surface area contributed by atoms with E-state index in [2.05, 4.69) is 34.5 Å². The van der Waals surface area contributed by atoms with Crippen molar-refractivity contribution in [1.29, 1.82) is 0 Å². The zero-order chi connectivity index (χ0) is 19.0. The molecule has 2 aromatic heterocycles. The van der Waals surface area contributed by atoms with Crippen molar-refractivity contribution in [2.24, 2.45) is 0 Å². The lowest BCUT2D eigenvalue weighted by Gasteiger charge is -2.36. The third-order valence-electron chi connectivity index (χ3n) is 4.93. The second kappa shape index (κ2) is 7.33. The van der Waals surface area contributed by atoms with Gasteiger partial charge in [0.15, 0.2) is 5.65 Å². The van der Waals surface area contributed by atoms with E-state index in [-0.39, 0.29) is 0 Å². The van der Waals surface area contributed by atoms with E-state index >= 15 is 0 Å². The van der Waals surface area contributed by atoms with Crippen LogP contribution in [-0.4, -0.2) is 52.2 Å². The molecule has 1 aromatic carbocycles. The Morgan fingerprint density at radius 3 is 2.52 bits per heavy atom. The van der Waals surface area contributed by atoms with E-state index in [0.29, 0.717) is 0 Å². The molecule has 0 aliphatic carbocycles. The van der Waals surface area contributed by atoms with E-state index < -0.39 is 0 Å². The molecule has 140 valence electrons. The van der Waals surface area contributed by atoms with Crippen LogP contribution in [0.4, 0.5) is 5.82 Å². The van der Waals surface area contributed by atoms with Crippen LogP contribution in [-0.2, 0) is 0 Å². The molecule has 3 heterocycles. The van der Waals surface area contributed by atoms with E-state index in [4.69, 9.17) is 16.6 Å². The summed E-state index contributed by atoms with van der Waals surface area (Å²) in [7, 11) is 0. The Bertz CT molecular complexity index is 968. The second-order valence-electron chi connectivity index (χ2n) is 7.28. The molecule has 0 N–H and O–H groups in total. The van der Waals surface area contributed by atoms with Crippen LogP contribution in [0.25, 0.3) is 16.8 Å². The molecule has 0 unspecified atom stereocenters. The number of nitrogens with zero attached hydrogens (tertiary/aromatic N) is 5. The molecule has 1 aliphatic rings. The summed E-state index contributed by atoms with van der Waals surface area (Å²) in [6.07, 6.45) is 1.89. The Kier molecular flexibility index (Phi) is 4.89. The SMILES string of the molecule is C=C(C)CN1CCN(c2cc(C)nc3c(-c4ccc(Cl)cc4)cnn23)CC1. The first kappa shape index (κ1) is 18.0. The summed E-state index contributed by atoms with van der Waals surface area (Å²) in [4.78, 5) is 9.61. The second-order valence-corrected chi connectivity index (χ2v) is 7.71. The third-order valence-corrected chi connectivity index (χ3v) is 5.18. The van der Waals surface area contributed by atoms with Crippen molar-refractivity contribution < 1.29 is 0 Å². The average Bonchev–Trinajstić information content (AvgIpc) is 3.05. The topological polar surface area (TPSA) is 36.7 Å². The molecule has 0 spiro atoms. The van der Waals surface area contributed by atoms with Gasteiger partial charge in [-0.2, -0.15) is 9.61 Å². The summed E-state index contributed by atoms with van der Waals surface area (Å²) in [6.45, 7) is 13.1. The minimum Gasteiger partial charge on any atom is -0.354 e. The van der Waals surface area contributed by atoms with Crippen LogP contribution in [0.5, 0.6) is 0 Å². The molecule has 4 rings (SSSR count). The Morgan fingerprint density at radius 1 is 1.15 bits per heavy atom. The minimum absolute atomic E-state index is 0.729. The summed E-state index contributed by atoms with van der Waals surface area (Å²) < 4.78 is 1.96. The highest BCUT2D eigenvalue weighted by Gasteiger charge is 2.21. The molecule has 3 aromatic rings. The van der Waals surface area contributed by atoms with Gasteiger partial charge in [0.25, 0.3) is 0 Å². The van der Waals surface area contributed by atoms with Gasteiger partial charge in [-0.25, -0.2) is 4.98 Å². The van der Waals surface area contributed by atoms with Gasteiger partial charge in [0.05, 0.1) is 6.20 Å². The predicted molar refractivity (Wildman–Crippen MR) is 112 cm³/mol. The van der Waals surface area contributed by atoms with Crippen LogP contribution in [0.15, 0.2) is 48.7 Å². The van der Waals surface area contributed by atoms with Crippen LogP contribution >= 0.6 is 11.6 Å². The first-order valence-electron chi connectivity index (χ1n) is 9.24. The number of hydrogen-bond acceptors (Lipinski definition) is 4. The van der Waals surface area contributed by atoms with Crippen molar-refractivity contribution in [2.75, 3.05) is 37.6 Å². The van der Waals surface area contributed by atoms with Gasteiger partial charge in [0, 0.05) is 55.1 Å². The van der Waals surface area contributed by atoms with E-state index in [0.717, 1.165) is 66.0 Å². The molecule has 0 amide bonds. The number of rotatable bonds is 4. The predicted octanol–water partition coefficient (Wildman–Crippen LogP) is 4.06. The fourth-order valence-electron chi connectivity index (χ4n) is 3.64. The number of halogens is 1. The number of fused-ring (bicyclic) bond motifs is 1. The Hall–Kier alpha value is -2.37. The fraction of sp³-hybridized carbons (Fsp3) is 0.333. The molecular formula is C21H24ClN5. The average molecular weight is 382 g/mol. The van der Waals surface area contributed by atoms with Crippen LogP contribution in [0.2, 0.25) is 5.02 Å². The molecule has 1 saturated heterocycles. The minimum atomic E-state index is 0.729. The van der Waals surface area contributed by atoms with Crippen molar-refractivity contribution in [3.8, 4) is 11.1 Å². The molecule has 5 nitrogen and oxygen atoms in total. The molecule has 0 atom stereocenters. The van der Waals surface area contributed by atoms with Gasteiger partial charge in [-0.3, -0.25) is 4.90 Å². The van der Waals surface area contributed by atoms with Crippen LogP contribution < -0.4 is 4.90 Å². The van der Waals surface area contributed by atoms with Crippen LogP contribution in [0, 0.1) is 6.92 Å². The summed E-state index contributed by atoms with van der Waals surface area (Å²) in [5.41, 5.74) is 5.20. The maximum Gasteiger partial charge on any atom is 0.165 e. The van der Waals surface area contributed by atoms with Gasteiger partial charge in [-0.1, -0.05) is 35.9 Å². The van der Waals surface area contributed by atoms with E-state index in [1.807, 2.05) is 41.9 Å². The van der Waals surface area contributed by atoms with Crippen LogP contribution in [0.3, 0.4) is 0 Å². The zero-order valence-electron chi connectivity index (χ0n) is 15.8. The standard InChI is InChI=1S/C21H24ClN5/c1-15(2)14-25-8-10-26(11-9-25)20-12-16(3)24-21-19(13-23-27(20)21)17-4-6-18(22)7-5-17/h4-7,12-13H,1,8-11,14H2,2-3H3. The Balaban J connectivity index is 1.66. The molecule has 27 heavy (non-hydrogen) atoms. The summed E-state index contributed by atoms with van der Waals surface area (Å²) in [5.74, 6) is 1.10. The molecule has 6 heteroatoms. The summed E-state index contributed by atoms with van der Waals surface area (Å²) in [6, 6.07) is 9.95. The first-order valence-corrected chi connectivity index (χ1v) is 9.62. The zero-order valence-corrected chi connectivity index (χ0v) is 16.6. The first-order chi connectivity index (χ1) is 13.0. The van der Waals surface area contributed by atoms with Gasteiger partial charge in [0.1, 0.15) is 5.82 Å². The largest absolute Gasteiger partial charge is 0.354 e. The molecule has 0 bridgehead atoms. The van der Waals surface area contributed by atoms with Gasteiger partial charge in [-0.05, 0) is 31.5 Å². The number of anilines is 1. The smallest absolute Gasteiger partial charge is 0.165 e. The molecule has 0 saturated carbocycles. The molecule has 1 fully saturated rings. The lowest BCUT2D eigenvalue weighted by atomic mass is 10.1. The normalized spacial score (nSPS) is 15.4. The highest BCUT2D eigenvalue weighted by atomic mass is 35.5. The number of hydrogen-bond donors (Lipinski definition) is 0. The van der Waals surface area contributed by atoms with Gasteiger partial charge in [0.2, 0.25) is 0 Å². The molecular weight excluding hydrogens is 358 g/mol.